The van der Waals surface area contributed by atoms with Crippen molar-refractivity contribution in [2.75, 3.05) is 39.4 Å². The molecule has 0 bridgehead atoms. The normalized spacial score (nSPS) is 28.5. The minimum absolute atomic E-state index is 0.0310. The van der Waals surface area contributed by atoms with Gasteiger partial charge in [-0.1, -0.05) is 30.3 Å². The van der Waals surface area contributed by atoms with Crippen molar-refractivity contribution in [3.63, 3.8) is 0 Å². The Bertz CT molecular complexity index is 777. The highest BCUT2D eigenvalue weighted by atomic mass is 16.5. The fraction of sp³-hybridized carbons (Fsp3) is 0.550. The van der Waals surface area contributed by atoms with Crippen LogP contribution in [0.1, 0.15) is 25.3 Å². The molecule has 150 valence electrons. The SMILES string of the molecule is CC(=O)N1CCC2(N3CCOCC3)C(CC(c3ccccc3)=NN2C(N)=O)C1. The van der Waals surface area contributed by atoms with Gasteiger partial charge in [0.05, 0.1) is 18.9 Å². The van der Waals surface area contributed by atoms with Gasteiger partial charge < -0.3 is 15.4 Å². The molecule has 28 heavy (non-hydrogen) atoms. The molecule has 1 aromatic carbocycles. The zero-order valence-corrected chi connectivity index (χ0v) is 16.2. The lowest BCUT2D eigenvalue weighted by Crippen LogP contribution is -2.73. The number of hydrazone groups is 1. The number of carbonyl (C=O) groups excluding carboxylic acids is 2. The number of carbonyl (C=O) groups is 2. The lowest BCUT2D eigenvalue weighted by molar-refractivity contribution is -0.156. The van der Waals surface area contributed by atoms with E-state index < -0.39 is 11.7 Å². The number of hydrogen-bond acceptors (Lipinski definition) is 5. The molecular weight excluding hydrogens is 358 g/mol. The maximum Gasteiger partial charge on any atom is 0.337 e. The monoisotopic (exact) mass is 385 g/mol. The number of piperidine rings is 1. The van der Waals surface area contributed by atoms with Crippen LogP contribution in [0, 0.1) is 5.92 Å². The third-order valence-corrected chi connectivity index (χ3v) is 6.19. The van der Waals surface area contributed by atoms with Gasteiger partial charge in [-0.25, -0.2) is 4.79 Å². The summed E-state index contributed by atoms with van der Waals surface area (Å²) >= 11 is 0. The van der Waals surface area contributed by atoms with Crippen molar-refractivity contribution in [2.24, 2.45) is 16.8 Å². The molecule has 2 saturated heterocycles. The maximum atomic E-state index is 12.6. The number of benzene rings is 1. The Balaban J connectivity index is 1.78. The van der Waals surface area contributed by atoms with Crippen LogP contribution in [0.3, 0.4) is 0 Å². The Hall–Kier alpha value is -2.45. The van der Waals surface area contributed by atoms with E-state index in [2.05, 4.69) is 4.90 Å². The van der Waals surface area contributed by atoms with Crippen LogP contribution in [-0.4, -0.2) is 77.5 Å². The zero-order chi connectivity index (χ0) is 19.7. The van der Waals surface area contributed by atoms with E-state index in [0.29, 0.717) is 39.1 Å². The van der Waals surface area contributed by atoms with E-state index >= 15 is 0 Å². The standard InChI is InChI=1S/C20H27N5O3/c1-15(26)23-8-7-20(24-9-11-28-12-10-24)17(14-23)13-18(22-25(20)19(21)27)16-5-3-2-4-6-16/h2-6,17H,7-14H2,1H3,(H2,21,27). The first-order valence-electron chi connectivity index (χ1n) is 9.83. The molecule has 2 unspecified atom stereocenters. The molecule has 2 N–H and O–H groups in total. The Morgan fingerprint density at radius 2 is 1.89 bits per heavy atom. The number of morpholine rings is 1. The molecular formula is C20H27N5O3. The molecule has 0 spiro atoms. The number of amides is 3. The van der Waals surface area contributed by atoms with Gasteiger partial charge in [-0.15, -0.1) is 0 Å². The van der Waals surface area contributed by atoms with Crippen LogP contribution >= 0.6 is 0 Å². The third kappa shape index (κ3) is 3.16. The fourth-order valence-corrected chi connectivity index (χ4v) is 4.83. The second-order valence-electron chi connectivity index (χ2n) is 7.66. The summed E-state index contributed by atoms with van der Waals surface area (Å²) in [6.45, 7) is 5.45. The van der Waals surface area contributed by atoms with E-state index in [0.717, 1.165) is 24.4 Å². The molecule has 4 rings (SSSR count). The van der Waals surface area contributed by atoms with Crippen molar-refractivity contribution in [2.45, 2.75) is 25.4 Å². The topological polar surface area (TPSA) is 91.5 Å². The number of fused-ring (bicyclic) bond motifs is 1. The number of nitrogens with two attached hydrogens (primary N) is 1. The highest BCUT2D eigenvalue weighted by molar-refractivity contribution is 6.02. The predicted octanol–water partition coefficient (Wildman–Crippen LogP) is 1.07. The Morgan fingerprint density at radius 1 is 1.18 bits per heavy atom. The van der Waals surface area contributed by atoms with Gasteiger partial charge in [0, 0.05) is 51.9 Å². The summed E-state index contributed by atoms with van der Waals surface area (Å²) in [5.41, 5.74) is 7.04. The minimum atomic E-state index is -0.611. The number of rotatable bonds is 2. The summed E-state index contributed by atoms with van der Waals surface area (Å²) in [5.74, 6) is 0.0911. The molecule has 2 fully saturated rings. The molecule has 1 aromatic rings. The molecule has 3 aliphatic heterocycles. The predicted molar refractivity (Wildman–Crippen MR) is 105 cm³/mol. The minimum Gasteiger partial charge on any atom is -0.379 e. The van der Waals surface area contributed by atoms with Gasteiger partial charge >= 0.3 is 6.03 Å². The smallest absolute Gasteiger partial charge is 0.337 e. The third-order valence-electron chi connectivity index (χ3n) is 6.19. The van der Waals surface area contributed by atoms with Gasteiger partial charge in [0.25, 0.3) is 0 Å². The molecule has 8 heteroatoms. The number of ether oxygens (including phenoxy) is 1. The van der Waals surface area contributed by atoms with Gasteiger partial charge in [0.15, 0.2) is 0 Å². The van der Waals surface area contributed by atoms with Crippen LogP contribution in [0.4, 0.5) is 4.79 Å². The summed E-state index contributed by atoms with van der Waals surface area (Å²) in [5, 5.41) is 6.24. The van der Waals surface area contributed by atoms with Crippen LogP contribution in [0.2, 0.25) is 0 Å². The van der Waals surface area contributed by atoms with Crippen LogP contribution in [0.5, 0.6) is 0 Å². The number of primary amides is 1. The first-order chi connectivity index (χ1) is 13.5. The number of hydrogen-bond donors (Lipinski definition) is 1. The molecule has 0 radical (unpaired) electrons. The summed E-state index contributed by atoms with van der Waals surface area (Å²) in [7, 11) is 0. The van der Waals surface area contributed by atoms with Crippen LogP contribution in [0.25, 0.3) is 0 Å². The summed E-state index contributed by atoms with van der Waals surface area (Å²) in [6.07, 6.45) is 1.32. The van der Waals surface area contributed by atoms with Crippen molar-refractivity contribution >= 4 is 17.6 Å². The molecule has 0 aromatic heterocycles. The van der Waals surface area contributed by atoms with E-state index in [1.54, 1.807) is 6.92 Å². The molecule has 0 aliphatic carbocycles. The quantitative estimate of drug-likeness (QED) is 0.824. The average molecular weight is 385 g/mol. The van der Waals surface area contributed by atoms with Crippen LogP contribution < -0.4 is 5.73 Å². The summed E-state index contributed by atoms with van der Waals surface area (Å²) < 4.78 is 5.54. The number of urea groups is 1. The number of nitrogens with zero attached hydrogens (tertiary/aromatic N) is 4. The largest absolute Gasteiger partial charge is 0.379 e. The second-order valence-corrected chi connectivity index (χ2v) is 7.66. The molecule has 8 nitrogen and oxygen atoms in total. The van der Waals surface area contributed by atoms with Crippen LogP contribution in [0.15, 0.2) is 35.4 Å². The Kier molecular flexibility index (Phi) is 5.07. The van der Waals surface area contributed by atoms with Crippen molar-refractivity contribution in [3.05, 3.63) is 35.9 Å². The van der Waals surface area contributed by atoms with E-state index in [-0.39, 0.29) is 11.8 Å². The maximum absolute atomic E-state index is 12.6. The van der Waals surface area contributed by atoms with E-state index in [9.17, 15) is 9.59 Å². The Labute approximate surface area is 164 Å². The van der Waals surface area contributed by atoms with E-state index in [1.165, 1.54) is 5.01 Å². The lowest BCUT2D eigenvalue weighted by Gasteiger charge is -2.58. The number of likely N-dealkylation sites (tertiary alicyclic amines) is 1. The van der Waals surface area contributed by atoms with Crippen molar-refractivity contribution in [3.8, 4) is 0 Å². The van der Waals surface area contributed by atoms with Crippen molar-refractivity contribution in [1.82, 2.24) is 14.8 Å². The van der Waals surface area contributed by atoms with Gasteiger partial charge in [0.1, 0.15) is 5.66 Å². The molecule has 2 atom stereocenters. The second kappa shape index (κ2) is 7.52. The zero-order valence-electron chi connectivity index (χ0n) is 16.2. The van der Waals surface area contributed by atoms with Gasteiger partial charge in [-0.2, -0.15) is 10.1 Å². The van der Waals surface area contributed by atoms with E-state index in [1.807, 2.05) is 35.2 Å². The van der Waals surface area contributed by atoms with Gasteiger partial charge in [0.2, 0.25) is 5.91 Å². The van der Waals surface area contributed by atoms with Gasteiger partial charge in [-0.3, -0.25) is 9.69 Å². The van der Waals surface area contributed by atoms with Crippen LogP contribution in [-0.2, 0) is 9.53 Å². The molecule has 0 saturated carbocycles. The highest BCUT2D eigenvalue weighted by Crippen LogP contribution is 2.43. The van der Waals surface area contributed by atoms with Crippen molar-refractivity contribution < 1.29 is 14.3 Å². The highest BCUT2D eigenvalue weighted by Gasteiger charge is 2.56. The summed E-state index contributed by atoms with van der Waals surface area (Å²) in [6, 6.07) is 9.30. The molecule has 3 amide bonds. The summed E-state index contributed by atoms with van der Waals surface area (Å²) in [4.78, 5) is 28.8. The fourth-order valence-electron chi connectivity index (χ4n) is 4.83. The Morgan fingerprint density at radius 3 is 2.54 bits per heavy atom. The lowest BCUT2D eigenvalue weighted by atomic mass is 9.77. The van der Waals surface area contributed by atoms with Gasteiger partial charge in [-0.05, 0) is 5.56 Å². The molecule has 3 aliphatic rings. The van der Waals surface area contributed by atoms with Crippen molar-refractivity contribution in [1.29, 1.82) is 0 Å². The average Bonchev–Trinajstić information content (AvgIpc) is 2.73. The molecule has 3 heterocycles. The van der Waals surface area contributed by atoms with E-state index in [4.69, 9.17) is 15.6 Å². The first kappa shape index (κ1) is 18.9. The first-order valence-corrected chi connectivity index (χ1v) is 9.83.